The number of H-pyrrole nitrogens is 1. The summed E-state index contributed by atoms with van der Waals surface area (Å²) < 4.78 is 19.4. The molecule has 1 aromatic carbocycles. The van der Waals surface area contributed by atoms with Gasteiger partial charge >= 0.3 is 0 Å². The smallest absolute Gasteiger partial charge is 0.289 e. The molecule has 2 unspecified atom stereocenters. The zero-order valence-electron chi connectivity index (χ0n) is 17.2. The molecule has 0 radical (unpaired) electrons. The molecule has 1 amide bonds. The third kappa shape index (κ3) is 2.88. The van der Waals surface area contributed by atoms with Crippen LogP contribution < -0.4 is 21.3 Å². The molecular weight excluding hydrogens is 415 g/mol. The van der Waals surface area contributed by atoms with Gasteiger partial charge in [-0.2, -0.15) is 0 Å². The summed E-state index contributed by atoms with van der Waals surface area (Å²) in [5, 5.41) is 7.25. The van der Waals surface area contributed by atoms with Crippen molar-refractivity contribution in [1.82, 2.24) is 25.3 Å². The molecule has 1 aliphatic carbocycles. The number of hydrogen-bond acceptors (Lipinski definition) is 8. The van der Waals surface area contributed by atoms with Crippen LogP contribution in [0.2, 0.25) is 0 Å². The van der Waals surface area contributed by atoms with Crippen LogP contribution in [0, 0.1) is 17.7 Å². The number of carbonyl (C=O) groups is 1. The fourth-order valence-electron chi connectivity index (χ4n) is 4.71. The fraction of sp³-hybridized carbons (Fsp3) is 0.333. The van der Waals surface area contributed by atoms with Crippen molar-refractivity contribution in [1.29, 1.82) is 0 Å². The molecule has 4 aromatic rings. The maximum absolute atomic E-state index is 14.4. The van der Waals surface area contributed by atoms with E-state index in [9.17, 15) is 9.18 Å². The Hall–Kier alpha value is -3.73. The molecule has 3 aromatic heterocycles. The van der Waals surface area contributed by atoms with Crippen molar-refractivity contribution >= 4 is 39.3 Å². The molecule has 0 spiro atoms. The molecule has 1 saturated heterocycles. The van der Waals surface area contributed by atoms with Gasteiger partial charge < -0.3 is 30.7 Å². The number of hydrogen-bond donors (Lipinski definition) is 4. The van der Waals surface area contributed by atoms with Crippen molar-refractivity contribution in [2.45, 2.75) is 12.6 Å². The Labute approximate surface area is 181 Å². The van der Waals surface area contributed by atoms with Gasteiger partial charge in [-0.1, -0.05) is 0 Å². The minimum Gasteiger partial charge on any atom is -0.438 e. The number of rotatable bonds is 5. The van der Waals surface area contributed by atoms with Gasteiger partial charge in [-0.15, -0.1) is 0 Å². The quantitative estimate of drug-likeness (QED) is 0.370. The van der Waals surface area contributed by atoms with Gasteiger partial charge in [-0.3, -0.25) is 4.79 Å². The molecule has 2 atom stereocenters. The topological polar surface area (TPSA) is 138 Å². The Morgan fingerprint density at radius 3 is 2.88 bits per heavy atom. The zero-order chi connectivity index (χ0) is 22.0. The van der Waals surface area contributed by atoms with E-state index in [2.05, 4.69) is 30.5 Å². The Morgan fingerprint density at radius 1 is 1.34 bits per heavy atom. The third-order valence-corrected chi connectivity index (χ3v) is 6.44. The van der Waals surface area contributed by atoms with E-state index in [-0.39, 0.29) is 24.2 Å². The van der Waals surface area contributed by atoms with Gasteiger partial charge in [0.2, 0.25) is 5.76 Å². The number of aromatic amines is 1. The van der Waals surface area contributed by atoms with Crippen molar-refractivity contribution in [3.63, 3.8) is 0 Å². The maximum atomic E-state index is 14.4. The highest BCUT2D eigenvalue weighted by atomic mass is 19.1. The lowest BCUT2D eigenvalue weighted by molar-refractivity contribution is 0.0922. The molecule has 164 valence electrons. The number of amides is 1. The van der Waals surface area contributed by atoms with Crippen LogP contribution in [0.3, 0.4) is 0 Å². The lowest BCUT2D eigenvalue weighted by Gasteiger charge is -2.21. The number of piperidine rings is 1. The van der Waals surface area contributed by atoms with E-state index in [1.165, 1.54) is 24.7 Å². The monoisotopic (exact) mass is 436 g/mol. The molecule has 5 N–H and O–H groups in total. The third-order valence-electron chi connectivity index (χ3n) is 6.44. The summed E-state index contributed by atoms with van der Waals surface area (Å²) in [4.78, 5) is 30.9. The van der Waals surface area contributed by atoms with Crippen LogP contribution in [-0.4, -0.2) is 52.0 Å². The molecular formula is C21H21FN8O2. The minimum atomic E-state index is -0.405. The predicted octanol–water partition coefficient (Wildman–Crippen LogP) is 1.60. The van der Waals surface area contributed by atoms with Crippen LogP contribution >= 0.6 is 0 Å². The Balaban J connectivity index is 1.44. The van der Waals surface area contributed by atoms with Gasteiger partial charge in [0.05, 0.1) is 29.3 Å². The van der Waals surface area contributed by atoms with E-state index < -0.39 is 5.91 Å². The average Bonchev–Trinajstić information content (AvgIpc) is 3.31. The maximum Gasteiger partial charge on any atom is 0.289 e. The number of halogens is 1. The first-order valence-electron chi connectivity index (χ1n) is 10.4. The standard InChI is InChI=1S/C21H21FN8O2/c1-24-13-3-9(22)2-10-16-19(29-18(10)13)27-15(5-26-21(31)14-4-25-8-32-14)28-20(16)30-6-11-12(7-30)17(11)23/h2-4,8,11-12,17,24H,5-7,23H2,1H3,(H,26,31)(H,27,28,29). The summed E-state index contributed by atoms with van der Waals surface area (Å²) in [6, 6.07) is 3.17. The van der Waals surface area contributed by atoms with Gasteiger partial charge in [0.15, 0.2) is 12.2 Å². The minimum absolute atomic E-state index is 0.102. The van der Waals surface area contributed by atoms with Crippen molar-refractivity contribution < 1.29 is 13.6 Å². The van der Waals surface area contributed by atoms with Gasteiger partial charge in [0.25, 0.3) is 5.91 Å². The predicted molar refractivity (Wildman–Crippen MR) is 116 cm³/mol. The largest absolute Gasteiger partial charge is 0.438 e. The lowest BCUT2D eigenvalue weighted by Crippen LogP contribution is -2.30. The van der Waals surface area contributed by atoms with E-state index in [4.69, 9.17) is 15.1 Å². The molecule has 0 bridgehead atoms. The SMILES string of the molecule is CNc1cc(F)cc2c1[nH]c1nc(CNC(=O)c3cnco3)nc(N3CC4C(N)C4C3)c12. The van der Waals surface area contributed by atoms with E-state index in [0.29, 0.717) is 34.4 Å². The van der Waals surface area contributed by atoms with Crippen molar-refractivity contribution in [3.8, 4) is 0 Å². The summed E-state index contributed by atoms with van der Waals surface area (Å²) >= 11 is 0. The lowest BCUT2D eigenvalue weighted by atomic mass is 10.1. The van der Waals surface area contributed by atoms with E-state index >= 15 is 0 Å². The van der Waals surface area contributed by atoms with Crippen molar-refractivity contribution in [3.05, 3.63) is 42.1 Å². The van der Waals surface area contributed by atoms with Gasteiger partial charge in [-0.05, 0) is 24.0 Å². The van der Waals surface area contributed by atoms with Crippen molar-refractivity contribution in [2.75, 3.05) is 30.4 Å². The Morgan fingerprint density at radius 2 is 2.16 bits per heavy atom. The van der Waals surface area contributed by atoms with Gasteiger partial charge in [-0.25, -0.2) is 19.3 Å². The number of fused-ring (bicyclic) bond motifs is 4. The number of oxazole rings is 1. The molecule has 2 fully saturated rings. The molecule has 1 aliphatic heterocycles. The van der Waals surface area contributed by atoms with E-state index in [0.717, 1.165) is 29.8 Å². The summed E-state index contributed by atoms with van der Waals surface area (Å²) in [5.74, 6) is 1.41. The molecule has 10 nitrogen and oxygen atoms in total. The second-order valence-corrected chi connectivity index (χ2v) is 8.30. The van der Waals surface area contributed by atoms with Crippen LogP contribution in [0.25, 0.3) is 21.9 Å². The van der Waals surface area contributed by atoms with E-state index in [1.54, 1.807) is 7.05 Å². The van der Waals surface area contributed by atoms with Crippen molar-refractivity contribution in [2.24, 2.45) is 17.6 Å². The number of aromatic nitrogens is 4. The molecule has 11 heteroatoms. The molecule has 1 saturated carbocycles. The second-order valence-electron chi connectivity index (χ2n) is 8.30. The summed E-state index contributed by atoms with van der Waals surface area (Å²) in [6.07, 6.45) is 2.54. The summed E-state index contributed by atoms with van der Waals surface area (Å²) in [5.41, 5.74) is 8.10. The summed E-state index contributed by atoms with van der Waals surface area (Å²) in [7, 11) is 1.74. The number of anilines is 2. The second kappa shape index (κ2) is 6.89. The number of nitrogens with two attached hydrogens (primary N) is 1. The van der Waals surface area contributed by atoms with Gasteiger partial charge in [0.1, 0.15) is 17.3 Å². The number of carbonyl (C=O) groups excluding carboxylic acids is 1. The molecule has 4 heterocycles. The fourth-order valence-corrected chi connectivity index (χ4v) is 4.71. The number of nitrogens with zero attached hydrogens (tertiary/aromatic N) is 4. The van der Waals surface area contributed by atoms with Crippen LogP contribution in [0.4, 0.5) is 15.9 Å². The highest BCUT2D eigenvalue weighted by Gasteiger charge is 2.54. The van der Waals surface area contributed by atoms with E-state index in [1.807, 2.05) is 0 Å². The first kappa shape index (κ1) is 19.0. The average molecular weight is 436 g/mol. The Bertz CT molecular complexity index is 1340. The molecule has 6 rings (SSSR count). The first-order chi connectivity index (χ1) is 15.5. The van der Waals surface area contributed by atoms with Crippen LogP contribution in [0.15, 0.2) is 29.1 Å². The zero-order valence-corrected chi connectivity index (χ0v) is 17.2. The molecule has 2 aliphatic rings. The number of nitrogens with one attached hydrogen (secondary N) is 3. The van der Waals surface area contributed by atoms with Gasteiger partial charge in [0, 0.05) is 31.6 Å². The highest BCUT2D eigenvalue weighted by molar-refractivity contribution is 6.14. The normalized spacial score (nSPS) is 21.8. The first-order valence-corrected chi connectivity index (χ1v) is 10.4. The van der Waals surface area contributed by atoms with Crippen LogP contribution in [0.5, 0.6) is 0 Å². The Kier molecular flexibility index (Phi) is 4.09. The molecule has 32 heavy (non-hydrogen) atoms. The highest BCUT2D eigenvalue weighted by Crippen LogP contribution is 2.46. The van der Waals surface area contributed by atoms with Crippen LogP contribution in [0.1, 0.15) is 16.4 Å². The number of benzene rings is 1. The van der Waals surface area contributed by atoms with Crippen LogP contribution in [-0.2, 0) is 6.54 Å². The summed E-state index contributed by atoms with van der Waals surface area (Å²) in [6.45, 7) is 1.69.